The molecule has 0 saturated carbocycles. The Labute approximate surface area is 121 Å². The third-order valence-electron chi connectivity index (χ3n) is 2.56. The lowest BCUT2D eigenvalue weighted by Crippen LogP contribution is -2.35. The molecular weight excluding hydrogens is 346 g/mol. The van der Waals surface area contributed by atoms with Crippen LogP contribution in [0.25, 0.3) is 0 Å². The minimum atomic E-state index is -0.473. The molecule has 3 nitrogen and oxygen atoms in total. The number of amides is 1. The molecule has 0 bridgehead atoms. The molecule has 18 heavy (non-hydrogen) atoms. The van der Waals surface area contributed by atoms with Crippen LogP contribution in [0.2, 0.25) is 0 Å². The molecule has 1 N–H and O–H groups in total. The van der Waals surface area contributed by atoms with Crippen LogP contribution in [0.5, 0.6) is 0 Å². The van der Waals surface area contributed by atoms with Crippen molar-refractivity contribution in [2.75, 3.05) is 20.6 Å². The molecule has 5 heteroatoms. The van der Waals surface area contributed by atoms with Crippen molar-refractivity contribution in [2.24, 2.45) is 0 Å². The fraction of sp³-hybridized carbons (Fsp3) is 0.462. The number of halogens is 2. The Morgan fingerprint density at radius 2 is 2.17 bits per heavy atom. The van der Waals surface area contributed by atoms with Gasteiger partial charge in [-0.25, -0.2) is 4.39 Å². The molecule has 0 aliphatic heterocycles. The number of nitrogens with zero attached hydrogens (tertiary/aromatic N) is 1. The quantitative estimate of drug-likeness (QED) is 0.815. The summed E-state index contributed by atoms with van der Waals surface area (Å²) < 4.78 is 14.4. The molecule has 0 saturated heterocycles. The van der Waals surface area contributed by atoms with E-state index in [1.165, 1.54) is 12.1 Å². The second-order valence-electron chi connectivity index (χ2n) is 4.59. The summed E-state index contributed by atoms with van der Waals surface area (Å²) in [7, 11) is 3.96. The summed E-state index contributed by atoms with van der Waals surface area (Å²) in [6.07, 6.45) is 0.838. The highest BCUT2D eigenvalue weighted by atomic mass is 127. The van der Waals surface area contributed by atoms with Crippen LogP contribution in [0.3, 0.4) is 0 Å². The fourth-order valence-electron chi connectivity index (χ4n) is 1.50. The zero-order valence-electron chi connectivity index (χ0n) is 10.8. The lowest BCUT2D eigenvalue weighted by atomic mass is 10.1. The highest BCUT2D eigenvalue weighted by molar-refractivity contribution is 14.1. The van der Waals surface area contributed by atoms with Crippen LogP contribution < -0.4 is 5.32 Å². The number of nitrogens with one attached hydrogen (secondary N) is 1. The summed E-state index contributed by atoms with van der Waals surface area (Å²) >= 11 is 2.01. The van der Waals surface area contributed by atoms with Gasteiger partial charge in [0.2, 0.25) is 0 Å². The van der Waals surface area contributed by atoms with Crippen LogP contribution in [0.1, 0.15) is 23.7 Å². The lowest BCUT2D eigenvalue weighted by molar-refractivity contribution is 0.0932. The molecule has 1 atom stereocenters. The van der Waals surface area contributed by atoms with E-state index < -0.39 is 5.82 Å². The van der Waals surface area contributed by atoms with Crippen molar-refractivity contribution in [3.8, 4) is 0 Å². The fourth-order valence-corrected chi connectivity index (χ4v) is 1.95. The van der Waals surface area contributed by atoms with Gasteiger partial charge >= 0.3 is 0 Å². The van der Waals surface area contributed by atoms with E-state index in [2.05, 4.69) is 5.32 Å². The lowest BCUT2D eigenvalue weighted by Gasteiger charge is -2.17. The SMILES string of the molecule is CC(CCN(C)C)NC(=O)c1ccc(I)cc1F. The van der Waals surface area contributed by atoms with Crippen molar-refractivity contribution in [3.63, 3.8) is 0 Å². The molecule has 0 fully saturated rings. The van der Waals surface area contributed by atoms with Crippen molar-refractivity contribution in [1.29, 1.82) is 0 Å². The first-order valence-electron chi connectivity index (χ1n) is 5.81. The number of carbonyl (C=O) groups excluding carboxylic acids is 1. The number of rotatable bonds is 5. The Morgan fingerprint density at radius 3 is 2.72 bits per heavy atom. The number of carbonyl (C=O) groups is 1. The van der Waals surface area contributed by atoms with E-state index in [1.54, 1.807) is 6.07 Å². The van der Waals surface area contributed by atoms with Crippen molar-refractivity contribution in [2.45, 2.75) is 19.4 Å². The van der Waals surface area contributed by atoms with Crippen molar-refractivity contribution < 1.29 is 9.18 Å². The van der Waals surface area contributed by atoms with Gasteiger partial charge in [-0.2, -0.15) is 0 Å². The first kappa shape index (κ1) is 15.4. The first-order chi connectivity index (χ1) is 8.40. The molecule has 0 aromatic heterocycles. The number of hydrogen-bond acceptors (Lipinski definition) is 2. The highest BCUT2D eigenvalue weighted by Gasteiger charge is 2.14. The molecule has 100 valence electrons. The summed E-state index contributed by atoms with van der Waals surface area (Å²) in [5, 5.41) is 2.80. The topological polar surface area (TPSA) is 32.3 Å². The van der Waals surface area contributed by atoms with Crippen LogP contribution in [0.15, 0.2) is 18.2 Å². The zero-order valence-corrected chi connectivity index (χ0v) is 13.0. The van der Waals surface area contributed by atoms with Gasteiger partial charge in [0.25, 0.3) is 5.91 Å². The Bertz CT molecular complexity index is 423. The molecule has 0 heterocycles. The first-order valence-corrected chi connectivity index (χ1v) is 6.88. The van der Waals surface area contributed by atoms with E-state index in [-0.39, 0.29) is 17.5 Å². The molecule has 1 unspecified atom stereocenters. The Balaban J connectivity index is 2.59. The molecule has 0 radical (unpaired) electrons. The van der Waals surface area contributed by atoms with Gasteiger partial charge in [-0.3, -0.25) is 4.79 Å². The summed E-state index contributed by atoms with van der Waals surface area (Å²) in [5.41, 5.74) is 0.104. The second-order valence-corrected chi connectivity index (χ2v) is 5.84. The van der Waals surface area contributed by atoms with Gasteiger partial charge in [0.15, 0.2) is 0 Å². The smallest absolute Gasteiger partial charge is 0.254 e. The maximum Gasteiger partial charge on any atom is 0.254 e. The monoisotopic (exact) mass is 364 g/mol. The van der Waals surface area contributed by atoms with Crippen LogP contribution >= 0.6 is 22.6 Å². The standard InChI is InChI=1S/C13H18FIN2O/c1-9(6-7-17(2)3)16-13(18)11-5-4-10(15)8-12(11)14/h4-5,8-9H,6-7H2,1-3H3,(H,16,18). The Morgan fingerprint density at radius 1 is 1.50 bits per heavy atom. The average Bonchev–Trinajstić information content (AvgIpc) is 2.26. The zero-order chi connectivity index (χ0) is 13.7. The van der Waals surface area contributed by atoms with Crippen molar-refractivity contribution in [3.05, 3.63) is 33.1 Å². The molecule has 1 amide bonds. The summed E-state index contributed by atoms with van der Waals surface area (Å²) in [6.45, 7) is 2.81. The second kappa shape index (κ2) is 7.04. The minimum Gasteiger partial charge on any atom is -0.349 e. The highest BCUT2D eigenvalue weighted by Crippen LogP contribution is 2.12. The van der Waals surface area contributed by atoms with Crippen LogP contribution in [0.4, 0.5) is 4.39 Å². The van der Waals surface area contributed by atoms with Gasteiger partial charge in [0.1, 0.15) is 5.82 Å². The summed E-state index contributed by atoms with van der Waals surface area (Å²) in [6, 6.07) is 4.63. The molecule has 1 aromatic rings. The Hall–Kier alpha value is -0.690. The van der Waals surface area contributed by atoms with Gasteiger partial charge in [0.05, 0.1) is 5.56 Å². The predicted molar refractivity (Wildman–Crippen MR) is 79.2 cm³/mol. The molecule has 0 aliphatic rings. The van der Waals surface area contributed by atoms with Gasteiger partial charge in [0, 0.05) is 9.61 Å². The number of hydrogen-bond donors (Lipinski definition) is 1. The van der Waals surface area contributed by atoms with E-state index in [0.29, 0.717) is 0 Å². The van der Waals surface area contributed by atoms with Crippen molar-refractivity contribution >= 4 is 28.5 Å². The van der Waals surface area contributed by atoms with E-state index >= 15 is 0 Å². The van der Waals surface area contributed by atoms with Crippen LogP contribution in [-0.4, -0.2) is 37.5 Å². The van der Waals surface area contributed by atoms with Gasteiger partial charge in [-0.05, 0) is 74.8 Å². The number of benzene rings is 1. The van der Waals surface area contributed by atoms with E-state index in [9.17, 15) is 9.18 Å². The summed E-state index contributed by atoms with van der Waals surface area (Å²) in [4.78, 5) is 13.9. The Kier molecular flexibility index (Phi) is 6.01. The molecule has 1 aromatic carbocycles. The maximum atomic E-state index is 13.6. The molecule has 0 spiro atoms. The van der Waals surface area contributed by atoms with Gasteiger partial charge in [-0.15, -0.1) is 0 Å². The van der Waals surface area contributed by atoms with Crippen LogP contribution in [-0.2, 0) is 0 Å². The van der Waals surface area contributed by atoms with Crippen molar-refractivity contribution in [1.82, 2.24) is 10.2 Å². The van der Waals surface area contributed by atoms with E-state index in [4.69, 9.17) is 0 Å². The molecular formula is C13H18FIN2O. The van der Waals surface area contributed by atoms with E-state index in [1.807, 2.05) is 48.5 Å². The summed E-state index contributed by atoms with van der Waals surface area (Å²) in [5.74, 6) is -0.825. The average molecular weight is 364 g/mol. The normalized spacial score (nSPS) is 12.6. The molecule has 1 rings (SSSR count). The maximum absolute atomic E-state index is 13.6. The molecule has 0 aliphatic carbocycles. The van der Waals surface area contributed by atoms with Crippen LogP contribution in [0, 0.1) is 9.39 Å². The van der Waals surface area contributed by atoms with E-state index in [0.717, 1.165) is 16.5 Å². The van der Waals surface area contributed by atoms with Gasteiger partial charge in [-0.1, -0.05) is 0 Å². The third kappa shape index (κ3) is 4.89. The third-order valence-corrected chi connectivity index (χ3v) is 3.23. The minimum absolute atomic E-state index is 0.0265. The predicted octanol–water partition coefficient (Wildman–Crippen LogP) is 2.50. The largest absolute Gasteiger partial charge is 0.349 e. The van der Waals surface area contributed by atoms with Gasteiger partial charge < -0.3 is 10.2 Å².